The number of benzene rings is 1. The van der Waals surface area contributed by atoms with Gasteiger partial charge in [0.15, 0.2) is 0 Å². The van der Waals surface area contributed by atoms with Gasteiger partial charge in [-0.25, -0.2) is 0 Å². The van der Waals surface area contributed by atoms with Gasteiger partial charge in [0.1, 0.15) is 11.1 Å². The Hall–Kier alpha value is -2.30. The molecule has 5 nitrogen and oxygen atoms in total. The third-order valence-corrected chi connectivity index (χ3v) is 4.13. The van der Waals surface area contributed by atoms with Crippen molar-refractivity contribution in [1.82, 2.24) is 5.32 Å². The van der Waals surface area contributed by atoms with Crippen molar-refractivity contribution >= 4 is 22.8 Å². The first kappa shape index (κ1) is 18.0. The van der Waals surface area contributed by atoms with E-state index in [9.17, 15) is 9.59 Å². The maximum Gasteiger partial charge on any atom is 0.260 e. The minimum absolute atomic E-state index is 0.118. The maximum absolute atomic E-state index is 12.7. The number of carbonyl (C=O) groups excluding carboxylic acids is 1. The van der Waals surface area contributed by atoms with Crippen LogP contribution in [0.5, 0.6) is 0 Å². The summed E-state index contributed by atoms with van der Waals surface area (Å²) in [5.41, 5.74) is 6.65. The quantitative estimate of drug-likeness (QED) is 0.902. The van der Waals surface area contributed by atoms with Crippen LogP contribution in [-0.4, -0.2) is 13.0 Å². The van der Waals surface area contributed by atoms with Gasteiger partial charge in [-0.1, -0.05) is 40.7 Å². The highest BCUT2D eigenvalue weighted by Gasteiger charge is 2.28. The van der Waals surface area contributed by atoms with Crippen LogP contribution in [0.3, 0.4) is 0 Å². The molecule has 130 valence electrons. The van der Waals surface area contributed by atoms with Gasteiger partial charge in [0, 0.05) is 7.05 Å². The third-order valence-electron chi connectivity index (χ3n) is 4.13. The first-order valence-electron chi connectivity index (χ1n) is 8.05. The van der Waals surface area contributed by atoms with Crippen LogP contribution in [0.1, 0.15) is 57.0 Å². The molecule has 1 aromatic carbocycles. The summed E-state index contributed by atoms with van der Waals surface area (Å²) < 4.78 is 5.48. The Morgan fingerprint density at radius 1 is 1.21 bits per heavy atom. The molecule has 0 atom stereocenters. The zero-order chi connectivity index (χ0) is 18.3. The second kappa shape index (κ2) is 5.96. The second-order valence-electron chi connectivity index (χ2n) is 8.08. The number of nitrogen functional groups attached to an aromatic ring is 1. The second-order valence-corrected chi connectivity index (χ2v) is 8.08. The Labute approximate surface area is 142 Å². The van der Waals surface area contributed by atoms with Crippen LogP contribution in [0, 0.1) is 5.41 Å². The molecule has 0 aliphatic carbocycles. The number of rotatable bonds is 3. The Kier molecular flexibility index (Phi) is 4.48. The molecule has 0 spiro atoms. The number of nitrogens with two attached hydrogens (primary N) is 1. The first-order chi connectivity index (χ1) is 11.0. The highest BCUT2D eigenvalue weighted by molar-refractivity contribution is 6.00. The molecule has 3 N–H and O–H groups in total. The van der Waals surface area contributed by atoms with Gasteiger partial charge in [0.25, 0.3) is 5.91 Å². The molecule has 24 heavy (non-hydrogen) atoms. The largest absolute Gasteiger partial charge is 0.440 e. The van der Waals surface area contributed by atoms with E-state index in [1.807, 2.05) is 12.1 Å². The lowest BCUT2D eigenvalue weighted by atomic mass is 9.72. The number of hydrogen-bond acceptors (Lipinski definition) is 4. The van der Waals surface area contributed by atoms with E-state index >= 15 is 0 Å². The van der Waals surface area contributed by atoms with Crippen LogP contribution < -0.4 is 16.5 Å². The Morgan fingerprint density at radius 2 is 1.83 bits per heavy atom. The Balaban J connectivity index is 2.66. The minimum Gasteiger partial charge on any atom is -0.440 e. The molecule has 2 aromatic rings. The lowest BCUT2D eigenvalue weighted by Crippen LogP contribution is -2.28. The standard InChI is InChI=1S/C19H26N2O3/c1-18(2,3)10-19(4,5)11-7-8-13-12(9-11)15(22)14(16(20)24-13)17(23)21-6/h7-9H,10,20H2,1-6H3,(H,21,23). The average molecular weight is 330 g/mol. The predicted molar refractivity (Wildman–Crippen MR) is 97.4 cm³/mol. The van der Waals surface area contributed by atoms with E-state index in [4.69, 9.17) is 10.2 Å². The molecular formula is C19H26N2O3. The molecule has 1 heterocycles. The predicted octanol–water partition coefficient (Wildman–Crippen LogP) is 3.45. The van der Waals surface area contributed by atoms with Crippen LogP contribution in [-0.2, 0) is 5.41 Å². The number of carbonyl (C=O) groups is 1. The number of anilines is 1. The number of nitrogens with one attached hydrogen (secondary N) is 1. The number of hydrogen-bond donors (Lipinski definition) is 2. The van der Waals surface area contributed by atoms with Crippen molar-refractivity contribution in [3.63, 3.8) is 0 Å². The lowest BCUT2D eigenvalue weighted by Gasteiger charge is -2.33. The highest BCUT2D eigenvalue weighted by Crippen LogP contribution is 2.37. The van der Waals surface area contributed by atoms with Gasteiger partial charge in [-0.2, -0.15) is 0 Å². The van der Waals surface area contributed by atoms with Crippen LogP contribution in [0.2, 0.25) is 0 Å². The summed E-state index contributed by atoms with van der Waals surface area (Å²) >= 11 is 0. The molecular weight excluding hydrogens is 304 g/mol. The van der Waals surface area contributed by atoms with E-state index in [0.717, 1.165) is 12.0 Å². The van der Waals surface area contributed by atoms with Crippen LogP contribution >= 0.6 is 0 Å². The van der Waals surface area contributed by atoms with Gasteiger partial charge in [0.2, 0.25) is 11.3 Å². The van der Waals surface area contributed by atoms with Crippen molar-refractivity contribution in [2.45, 2.75) is 46.5 Å². The zero-order valence-electron chi connectivity index (χ0n) is 15.2. The summed E-state index contributed by atoms with van der Waals surface area (Å²) in [5.74, 6) is -0.698. The zero-order valence-corrected chi connectivity index (χ0v) is 15.2. The molecule has 2 rings (SSSR count). The summed E-state index contributed by atoms with van der Waals surface area (Å²) in [4.78, 5) is 24.6. The van der Waals surface area contributed by atoms with E-state index in [1.54, 1.807) is 6.07 Å². The lowest BCUT2D eigenvalue weighted by molar-refractivity contribution is 0.0961. The molecule has 0 radical (unpaired) electrons. The molecule has 0 unspecified atom stereocenters. The minimum atomic E-state index is -0.539. The number of amides is 1. The van der Waals surface area contributed by atoms with Crippen molar-refractivity contribution in [3.05, 3.63) is 39.5 Å². The molecule has 0 saturated heterocycles. The Bertz CT molecular complexity index is 842. The summed E-state index contributed by atoms with van der Waals surface area (Å²) in [6.45, 7) is 10.9. The average Bonchev–Trinajstić information content (AvgIpc) is 2.44. The molecule has 1 aromatic heterocycles. The summed E-state index contributed by atoms with van der Waals surface area (Å²) in [6.07, 6.45) is 0.952. The maximum atomic E-state index is 12.7. The van der Waals surface area contributed by atoms with Crippen molar-refractivity contribution in [2.75, 3.05) is 12.8 Å². The molecule has 0 saturated carbocycles. The van der Waals surface area contributed by atoms with Gasteiger partial charge in [-0.05, 0) is 34.9 Å². The van der Waals surface area contributed by atoms with Gasteiger partial charge in [-0.3, -0.25) is 9.59 Å². The van der Waals surface area contributed by atoms with Gasteiger partial charge in [-0.15, -0.1) is 0 Å². The Morgan fingerprint density at radius 3 is 2.38 bits per heavy atom. The fourth-order valence-electron chi connectivity index (χ4n) is 3.40. The van der Waals surface area contributed by atoms with Gasteiger partial charge in [0.05, 0.1) is 5.39 Å². The third kappa shape index (κ3) is 3.45. The summed E-state index contributed by atoms with van der Waals surface area (Å²) in [5, 5.41) is 2.80. The molecule has 0 bridgehead atoms. The van der Waals surface area contributed by atoms with E-state index in [0.29, 0.717) is 11.0 Å². The molecule has 1 amide bonds. The van der Waals surface area contributed by atoms with Crippen LogP contribution in [0.15, 0.2) is 27.4 Å². The number of fused-ring (bicyclic) bond motifs is 1. The van der Waals surface area contributed by atoms with E-state index in [1.165, 1.54) is 7.05 Å². The molecule has 0 fully saturated rings. The fourth-order valence-corrected chi connectivity index (χ4v) is 3.40. The molecule has 0 aliphatic heterocycles. The van der Waals surface area contributed by atoms with Crippen LogP contribution in [0.4, 0.5) is 5.88 Å². The summed E-state index contributed by atoms with van der Waals surface area (Å²) in [6, 6.07) is 5.52. The molecule has 0 aliphatic rings. The van der Waals surface area contributed by atoms with Crippen LogP contribution in [0.25, 0.3) is 11.0 Å². The first-order valence-corrected chi connectivity index (χ1v) is 8.05. The van der Waals surface area contributed by atoms with Crippen molar-refractivity contribution < 1.29 is 9.21 Å². The highest BCUT2D eigenvalue weighted by atomic mass is 16.3. The monoisotopic (exact) mass is 330 g/mol. The topological polar surface area (TPSA) is 85.3 Å². The normalized spacial score (nSPS) is 12.4. The van der Waals surface area contributed by atoms with E-state index < -0.39 is 11.3 Å². The summed E-state index contributed by atoms with van der Waals surface area (Å²) in [7, 11) is 1.45. The van der Waals surface area contributed by atoms with Gasteiger partial charge >= 0.3 is 0 Å². The van der Waals surface area contributed by atoms with Crippen molar-refractivity contribution in [2.24, 2.45) is 5.41 Å². The molecule has 5 heteroatoms. The SMILES string of the molecule is CNC(=O)c1c(N)oc2ccc(C(C)(C)CC(C)(C)C)cc2c1=O. The smallest absolute Gasteiger partial charge is 0.260 e. The van der Waals surface area contributed by atoms with E-state index in [-0.39, 0.29) is 22.3 Å². The van der Waals surface area contributed by atoms with Gasteiger partial charge < -0.3 is 15.5 Å². The fraction of sp³-hybridized carbons (Fsp3) is 0.474. The van der Waals surface area contributed by atoms with Crippen molar-refractivity contribution in [1.29, 1.82) is 0 Å². The van der Waals surface area contributed by atoms with E-state index in [2.05, 4.69) is 39.9 Å². The van der Waals surface area contributed by atoms with Crippen molar-refractivity contribution in [3.8, 4) is 0 Å².